The first-order chi connectivity index (χ1) is 10.4. The van der Waals surface area contributed by atoms with E-state index in [-0.39, 0.29) is 0 Å². The predicted molar refractivity (Wildman–Crippen MR) is 95.8 cm³/mol. The first-order valence-electron chi connectivity index (χ1n) is 7.33. The molecule has 1 atom stereocenters. The standard InChI is InChI=1S/C17H21NOS2/c1-19-17-7-6-13-4-2-3-5-15(13)16(17)11-18-10-14-12-20-8-9-21-14/h2-7,14,18H,8-12H2,1H3. The van der Waals surface area contributed by atoms with Crippen LogP contribution in [0.25, 0.3) is 10.8 Å². The Labute approximate surface area is 135 Å². The summed E-state index contributed by atoms with van der Waals surface area (Å²) in [6, 6.07) is 12.7. The fraction of sp³-hybridized carbons (Fsp3) is 0.412. The van der Waals surface area contributed by atoms with Gasteiger partial charge >= 0.3 is 0 Å². The van der Waals surface area contributed by atoms with Gasteiger partial charge in [0, 0.05) is 41.2 Å². The molecule has 1 aliphatic rings. The Morgan fingerprint density at radius 2 is 2.10 bits per heavy atom. The van der Waals surface area contributed by atoms with Gasteiger partial charge in [-0.15, -0.1) is 0 Å². The third kappa shape index (κ3) is 3.68. The van der Waals surface area contributed by atoms with Crippen molar-refractivity contribution in [1.29, 1.82) is 0 Å². The molecule has 1 fully saturated rings. The zero-order valence-electron chi connectivity index (χ0n) is 12.3. The molecule has 2 aromatic rings. The SMILES string of the molecule is COc1ccc2ccccc2c1CNCC1CSCCS1. The predicted octanol–water partition coefficient (Wildman–Crippen LogP) is 3.79. The Morgan fingerprint density at radius 1 is 1.19 bits per heavy atom. The Balaban J connectivity index is 1.72. The zero-order chi connectivity index (χ0) is 14.5. The Kier molecular flexibility index (Phi) is 5.33. The van der Waals surface area contributed by atoms with E-state index >= 15 is 0 Å². The van der Waals surface area contributed by atoms with Gasteiger partial charge in [0.15, 0.2) is 0 Å². The van der Waals surface area contributed by atoms with Crippen molar-refractivity contribution in [2.24, 2.45) is 0 Å². The van der Waals surface area contributed by atoms with Crippen LogP contribution in [0, 0.1) is 0 Å². The summed E-state index contributed by atoms with van der Waals surface area (Å²) in [6.45, 7) is 1.94. The molecular weight excluding hydrogens is 298 g/mol. The molecule has 4 heteroatoms. The van der Waals surface area contributed by atoms with Crippen molar-refractivity contribution in [3.8, 4) is 5.75 Å². The van der Waals surface area contributed by atoms with Crippen molar-refractivity contribution in [2.75, 3.05) is 30.9 Å². The van der Waals surface area contributed by atoms with Gasteiger partial charge < -0.3 is 10.1 Å². The molecule has 2 nitrogen and oxygen atoms in total. The van der Waals surface area contributed by atoms with E-state index in [1.54, 1.807) is 7.11 Å². The molecule has 1 saturated heterocycles. The van der Waals surface area contributed by atoms with Crippen molar-refractivity contribution < 1.29 is 4.74 Å². The fourth-order valence-corrected chi connectivity index (χ4v) is 5.35. The minimum Gasteiger partial charge on any atom is -0.496 e. The van der Waals surface area contributed by atoms with E-state index < -0.39 is 0 Å². The molecule has 2 aromatic carbocycles. The molecule has 112 valence electrons. The topological polar surface area (TPSA) is 21.3 Å². The monoisotopic (exact) mass is 319 g/mol. The number of ether oxygens (including phenoxy) is 1. The summed E-state index contributed by atoms with van der Waals surface area (Å²) in [5.41, 5.74) is 1.27. The van der Waals surface area contributed by atoms with Crippen molar-refractivity contribution in [3.05, 3.63) is 42.0 Å². The average molecular weight is 319 g/mol. The summed E-state index contributed by atoms with van der Waals surface area (Å²) in [7, 11) is 1.75. The van der Waals surface area contributed by atoms with Crippen molar-refractivity contribution in [1.82, 2.24) is 5.32 Å². The maximum absolute atomic E-state index is 5.55. The van der Waals surface area contributed by atoms with Gasteiger partial charge in [0.1, 0.15) is 5.75 Å². The van der Waals surface area contributed by atoms with E-state index in [9.17, 15) is 0 Å². The molecule has 1 N–H and O–H groups in total. The van der Waals surface area contributed by atoms with Gasteiger partial charge in [-0.25, -0.2) is 0 Å². The summed E-state index contributed by atoms with van der Waals surface area (Å²) in [5.74, 6) is 4.84. The van der Waals surface area contributed by atoms with Crippen LogP contribution < -0.4 is 10.1 Å². The molecule has 1 aliphatic heterocycles. The van der Waals surface area contributed by atoms with Gasteiger partial charge in [-0.3, -0.25) is 0 Å². The lowest BCUT2D eigenvalue weighted by Crippen LogP contribution is -2.28. The van der Waals surface area contributed by atoms with E-state index in [0.717, 1.165) is 24.1 Å². The van der Waals surface area contributed by atoms with Gasteiger partial charge in [0.05, 0.1) is 7.11 Å². The number of thioether (sulfide) groups is 2. The second-order valence-corrected chi connectivity index (χ2v) is 7.72. The first-order valence-corrected chi connectivity index (χ1v) is 9.53. The van der Waals surface area contributed by atoms with Crippen molar-refractivity contribution >= 4 is 34.3 Å². The van der Waals surface area contributed by atoms with Crippen LogP contribution in [0.3, 0.4) is 0 Å². The average Bonchev–Trinajstić information content (AvgIpc) is 2.56. The van der Waals surface area contributed by atoms with Crippen LogP contribution in [-0.4, -0.2) is 36.2 Å². The molecule has 21 heavy (non-hydrogen) atoms. The molecule has 0 saturated carbocycles. The maximum Gasteiger partial charge on any atom is 0.123 e. The highest BCUT2D eigenvalue weighted by atomic mass is 32.2. The third-order valence-electron chi connectivity index (χ3n) is 3.78. The summed E-state index contributed by atoms with van der Waals surface area (Å²) >= 11 is 4.17. The number of fused-ring (bicyclic) bond motifs is 1. The van der Waals surface area contributed by atoms with E-state index in [1.807, 2.05) is 0 Å². The summed E-state index contributed by atoms with van der Waals surface area (Å²) in [4.78, 5) is 0. The van der Waals surface area contributed by atoms with Crippen molar-refractivity contribution in [2.45, 2.75) is 11.8 Å². The van der Waals surface area contributed by atoms with Crippen LogP contribution in [-0.2, 0) is 6.54 Å². The second-order valence-electron chi connectivity index (χ2n) is 5.17. The van der Waals surface area contributed by atoms with Crippen LogP contribution in [0.15, 0.2) is 36.4 Å². The van der Waals surface area contributed by atoms with E-state index in [1.165, 1.54) is 33.6 Å². The molecule has 0 radical (unpaired) electrons. The number of methoxy groups -OCH3 is 1. The molecular formula is C17H21NOS2. The second kappa shape index (κ2) is 7.43. The number of hydrogen-bond donors (Lipinski definition) is 1. The zero-order valence-corrected chi connectivity index (χ0v) is 13.9. The van der Waals surface area contributed by atoms with Crippen LogP contribution >= 0.6 is 23.5 Å². The lowest BCUT2D eigenvalue weighted by Gasteiger charge is -2.21. The number of hydrogen-bond acceptors (Lipinski definition) is 4. The van der Waals surface area contributed by atoms with Gasteiger partial charge in [-0.1, -0.05) is 30.3 Å². The molecule has 0 spiro atoms. The lowest BCUT2D eigenvalue weighted by molar-refractivity contribution is 0.409. The quantitative estimate of drug-likeness (QED) is 0.905. The minimum atomic E-state index is 0.740. The largest absolute Gasteiger partial charge is 0.496 e. The molecule has 1 heterocycles. The molecule has 0 amide bonds. The lowest BCUT2D eigenvalue weighted by atomic mass is 10.0. The summed E-state index contributed by atoms with van der Waals surface area (Å²) in [6.07, 6.45) is 0. The van der Waals surface area contributed by atoms with Crippen LogP contribution in [0.4, 0.5) is 0 Å². The normalized spacial score (nSPS) is 18.8. The molecule has 1 unspecified atom stereocenters. The first kappa shape index (κ1) is 15.1. The van der Waals surface area contributed by atoms with Crippen molar-refractivity contribution in [3.63, 3.8) is 0 Å². The highest BCUT2D eigenvalue weighted by molar-refractivity contribution is 8.06. The maximum atomic E-state index is 5.55. The Morgan fingerprint density at radius 3 is 2.90 bits per heavy atom. The van der Waals surface area contributed by atoms with Gasteiger partial charge in [0.25, 0.3) is 0 Å². The smallest absolute Gasteiger partial charge is 0.123 e. The number of rotatable bonds is 5. The van der Waals surface area contributed by atoms with Crippen LogP contribution in [0.2, 0.25) is 0 Å². The van der Waals surface area contributed by atoms with Gasteiger partial charge in [-0.2, -0.15) is 23.5 Å². The fourth-order valence-electron chi connectivity index (χ4n) is 2.70. The highest BCUT2D eigenvalue weighted by Gasteiger charge is 2.14. The molecule has 3 rings (SSSR count). The van der Waals surface area contributed by atoms with Crippen LogP contribution in [0.5, 0.6) is 5.75 Å². The van der Waals surface area contributed by atoms with E-state index in [2.05, 4.69) is 65.2 Å². The van der Waals surface area contributed by atoms with E-state index in [4.69, 9.17) is 4.74 Å². The van der Waals surface area contributed by atoms with Crippen LogP contribution in [0.1, 0.15) is 5.56 Å². The van der Waals surface area contributed by atoms with Gasteiger partial charge in [-0.05, 0) is 16.8 Å². The molecule has 0 aromatic heterocycles. The van der Waals surface area contributed by atoms with Gasteiger partial charge in [0.2, 0.25) is 0 Å². The summed E-state index contributed by atoms with van der Waals surface area (Å²) < 4.78 is 5.55. The third-order valence-corrected chi connectivity index (χ3v) is 6.62. The molecule has 0 aliphatic carbocycles. The number of benzene rings is 2. The highest BCUT2D eigenvalue weighted by Crippen LogP contribution is 2.28. The minimum absolute atomic E-state index is 0.740. The Hall–Kier alpha value is -0.840. The number of nitrogens with one attached hydrogen (secondary N) is 1. The molecule has 0 bridgehead atoms. The Bertz CT molecular complexity index is 596. The van der Waals surface area contributed by atoms with E-state index in [0.29, 0.717) is 0 Å². The summed E-state index contributed by atoms with van der Waals surface area (Å²) in [5, 5.41) is 6.93.